The number of hydrogen-bond acceptors (Lipinski definition) is 5. The summed E-state index contributed by atoms with van der Waals surface area (Å²) < 4.78 is 37.9. The Balaban J connectivity index is 1.78. The van der Waals surface area contributed by atoms with Gasteiger partial charge < -0.3 is 14.4 Å². The Hall–Kier alpha value is -2.29. The Labute approximate surface area is 169 Å². The molecule has 2 aromatic carbocycles. The van der Waals surface area contributed by atoms with E-state index in [0.29, 0.717) is 24.4 Å². The summed E-state index contributed by atoms with van der Waals surface area (Å²) >= 11 is 6.12. The summed E-state index contributed by atoms with van der Waals surface area (Å²) in [6.45, 7) is 0.986. The van der Waals surface area contributed by atoms with Gasteiger partial charge in [-0.3, -0.25) is 4.79 Å². The monoisotopic (exact) mass is 424 g/mol. The molecule has 0 radical (unpaired) electrons. The highest BCUT2D eigenvalue weighted by atomic mass is 35.5. The number of piperazine rings is 1. The molecule has 1 fully saturated rings. The Bertz CT molecular complexity index is 958. The van der Waals surface area contributed by atoms with Crippen LogP contribution in [0.1, 0.15) is 10.4 Å². The number of hydrogen-bond donors (Lipinski definition) is 0. The number of rotatable bonds is 5. The van der Waals surface area contributed by atoms with Crippen LogP contribution < -0.4 is 9.47 Å². The van der Waals surface area contributed by atoms with Crippen LogP contribution in [-0.2, 0) is 10.0 Å². The van der Waals surface area contributed by atoms with Crippen LogP contribution in [0.2, 0.25) is 5.02 Å². The van der Waals surface area contributed by atoms with E-state index in [-0.39, 0.29) is 34.7 Å². The van der Waals surface area contributed by atoms with Gasteiger partial charge in [-0.2, -0.15) is 4.31 Å². The molecule has 1 saturated heterocycles. The standard InChI is InChI=1S/C19H21ClN2O5S/c1-26-16-13-17(27-2)18(12-15(16)20)28(24,25)22-10-8-21(9-11-22)19(23)14-6-4-3-5-7-14/h3-7,12-13H,8-11H2,1-2H3. The normalized spacial score (nSPS) is 15.3. The lowest BCUT2D eigenvalue weighted by atomic mass is 10.2. The number of methoxy groups -OCH3 is 2. The van der Waals surface area contributed by atoms with Gasteiger partial charge in [0.15, 0.2) is 0 Å². The predicted molar refractivity (Wildman–Crippen MR) is 106 cm³/mol. The highest BCUT2D eigenvalue weighted by Gasteiger charge is 2.33. The molecule has 0 saturated carbocycles. The van der Waals surface area contributed by atoms with Crippen LogP contribution in [0.25, 0.3) is 0 Å². The molecule has 0 unspecified atom stereocenters. The number of carbonyl (C=O) groups excluding carboxylic acids is 1. The molecule has 1 aliphatic rings. The molecule has 0 spiro atoms. The lowest BCUT2D eigenvalue weighted by Gasteiger charge is -2.34. The number of ether oxygens (including phenoxy) is 2. The number of halogens is 1. The maximum Gasteiger partial charge on any atom is 0.253 e. The van der Waals surface area contributed by atoms with Crippen molar-refractivity contribution in [3.63, 3.8) is 0 Å². The third-order valence-corrected chi connectivity index (χ3v) is 6.82. The summed E-state index contributed by atoms with van der Waals surface area (Å²) in [5, 5.41) is 0.180. The van der Waals surface area contributed by atoms with Crippen LogP contribution in [0.5, 0.6) is 11.5 Å². The molecule has 1 heterocycles. The van der Waals surface area contributed by atoms with E-state index >= 15 is 0 Å². The summed E-state index contributed by atoms with van der Waals surface area (Å²) in [5.41, 5.74) is 0.586. The van der Waals surface area contributed by atoms with E-state index in [0.717, 1.165) is 0 Å². The van der Waals surface area contributed by atoms with Crippen molar-refractivity contribution in [3.8, 4) is 11.5 Å². The van der Waals surface area contributed by atoms with E-state index in [1.54, 1.807) is 29.2 Å². The van der Waals surface area contributed by atoms with Crippen LogP contribution in [0, 0.1) is 0 Å². The molecule has 1 amide bonds. The number of nitrogens with zero attached hydrogens (tertiary/aromatic N) is 2. The number of carbonyl (C=O) groups is 1. The minimum Gasteiger partial charge on any atom is -0.495 e. The van der Waals surface area contributed by atoms with Gasteiger partial charge in [-0.15, -0.1) is 0 Å². The largest absolute Gasteiger partial charge is 0.495 e. The average molecular weight is 425 g/mol. The van der Waals surface area contributed by atoms with Gasteiger partial charge in [-0.25, -0.2) is 8.42 Å². The molecular weight excluding hydrogens is 404 g/mol. The first kappa shape index (κ1) is 20.4. The summed E-state index contributed by atoms with van der Waals surface area (Å²) in [6.07, 6.45) is 0. The smallest absolute Gasteiger partial charge is 0.253 e. The van der Waals surface area contributed by atoms with E-state index < -0.39 is 10.0 Å². The van der Waals surface area contributed by atoms with Crippen molar-refractivity contribution in [2.24, 2.45) is 0 Å². The van der Waals surface area contributed by atoms with Gasteiger partial charge in [0.1, 0.15) is 16.4 Å². The molecule has 3 rings (SSSR count). The fourth-order valence-corrected chi connectivity index (χ4v) is 4.96. The zero-order valence-corrected chi connectivity index (χ0v) is 17.2. The van der Waals surface area contributed by atoms with Crippen LogP contribution in [0.15, 0.2) is 47.4 Å². The van der Waals surface area contributed by atoms with Gasteiger partial charge in [-0.1, -0.05) is 29.8 Å². The molecule has 0 aliphatic carbocycles. The summed E-state index contributed by atoms with van der Waals surface area (Å²) in [4.78, 5) is 14.2. The van der Waals surface area contributed by atoms with Gasteiger partial charge in [0, 0.05) is 37.8 Å². The second kappa shape index (κ2) is 8.38. The summed E-state index contributed by atoms with van der Waals surface area (Å²) in [6, 6.07) is 11.7. The van der Waals surface area contributed by atoms with Crippen molar-refractivity contribution in [2.45, 2.75) is 4.90 Å². The van der Waals surface area contributed by atoms with Crippen molar-refractivity contribution >= 4 is 27.5 Å². The Kier molecular flexibility index (Phi) is 6.12. The Morgan fingerprint density at radius 3 is 2.14 bits per heavy atom. The minimum atomic E-state index is -3.84. The average Bonchev–Trinajstić information content (AvgIpc) is 2.73. The zero-order chi connectivity index (χ0) is 20.3. The van der Waals surface area contributed by atoms with Gasteiger partial charge in [0.05, 0.1) is 19.2 Å². The van der Waals surface area contributed by atoms with Crippen molar-refractivity contribution < 1.29 is 22.7 Å². The molecule has 2 aromatic rings. The maximum atomic E-state index is 13.1. The molecule has 7 nitrogen and oxygen atoms in total. The SMILES string of the molecule is COc1cc(OC)c(S(=O)(=O)N2CCN(C(=O)c3ccccc3)CC2)cc1Cl. The minimum absolute atomic E-state index is 0.0244. The van der Waals surface area contributed by atoms with E-state index in [4.69, 9.17) is 21.1 Å². The third kappa shape index (κ3) is 3.94. The van der Waals surface area contributed by atoms with Crippen LogP contribution in [0.4, 0.5) is 0 Å². The van der Waals surface area contributed by atoms with Gasteiger partial charge in [-0.05, 0) is 18.2 Å². The fraction of sp³-hybridized carbons (Fsp3) is 0.316. The second-order valence-electron chi connectivity index (χ2n) is 6.20. The van der Waals surface area contributed by atoms with Crippen LogP contribution in [-0.4, -0.2) is 63.9 Å². The zero-order valence-electron chi connectivity index (χ0n) is 15.6. The lowest BCUT2D eigenvalue weighted by molar-refractivity contribution is 0.0698. The van der Waals surface area contributed by atoms with E-state index in [1.165, 1.54) is 30.7 Å². The second-order valence-corrected chi connectivity index (χ2v) is 8.51. The van der Waals surface area contributed by atoms with Crippen molar-refractivity contribution in [1.29, 1.82) is 0 Å². The van der Waals surface area contributed by atoms with Crippen molar-refractivity contribution in [2.75, 3.05) is 40.4 Å². The molecule has 0 aromatic heterocycles. The van der Waals surface area contributed by atoms with Gasteiger partial charge in [0.25, 0.3) is 5.91 Å². The lowest BCUT2D eigenvalue weighted by Crippen LogP contribution is -2.50. The third-order valence-electron chi connectivity index (χ3n) is 4.60. The predicted octanol–water partition coefficient (Wildman–Crippen LogP) is 2.50. The first-order chi connectivity index (χ1) is 13.4. The molecule has 0 N–H and O–H groups in total. The summed E-state index contributed by atoms with van der Waals surface area (Å²) in [5.74, 6) is 0.377. The molecular formula is C19H21ClN2O5S. The fourth-order valence-electron chi connectivity index (χ4n) is 3.07. The molecule has 150 valence electrons. The quantitative estimate of drug-likeness (QED) is 0.737. The van der Waals surface area contributed by atoms with E-state index in [1.807, 2.05) is 6.07 Å². The first-order valence-electron chi connectivity index (χ1n) is 8.64. The molecule has 0 bridgehead atoms. The Morgan fingerprint density at radius 1 is 0.964 bits per heavy atom. The van der Waals surface area contributed by atoms with Crippen molar-refractivity contribution in [1.82, 2.24) is 9.21 Å². The van der Waals surface area contributed by atoms with Crippen LogP contribution in [0.3, 0.4) is 0 Å². The number of sulfonamides is 1. The van der Waals surface area contributed by atoms with Crippen LogP contribution >= 0.6 is 11.6 Å². The highest BCUT2D eigenvalue weighted by molar-refractivity contribution is 7.89. The van der Waals surface area contributed by atoms with Gasteiger partial charge >= 0.3 is 0 Å². The van der Waals surface area contributed by atoms with E-state index in [2.05, 4.69) is 0 Å². The topological polar surface area (TPSA) is 76.2 Å². The van der Waals surface area contributed by atoms with Crippen molar-refractivity contribution in [3.05, 3.63) is 53.1 Å². The number of amides is 1. The maximum absolute atomic E-state index is 13.1. The first-order valence-corrected chi connectivity index (χ1v) is 10.5. The molecule has 0 atom stereocenters. The number of benzene rings is 2. The van der Waals surface area contributed by atoms with Gasteiger partial charge in [0.2, 0.25) is 10.0 Å². The molecule has 9 heteroatoms. The molecule has 1 aliphatic heterocycles. The molecule has 28 heavy (non-hydrogen) atoms. The Morgan fingerprint density at radius 2 is 1.57 bits per heavy atom. The highest BCUT2D eigenvalue weighted by Crippen LogP contribution is 2.36. The summed E-state index contributed by atoms with van der Waals surface area (Å²) in [7, 11) is -1.01. The van der Waals surface area contributed by atoms with E-state index in [9.17, 15) is 13.2 Å².